The lowest BCUT2D eigenvalue weighted by atomic mass is 9.82. The fourth-order valence-corrected chi connectivity index (χ4v) is 2.46. The number of amides is 1. The highest BCUT2D eigenvalue weighted by Gasteiger charge is 2.39. The van der Waals surface area contributed by atoms with Gasteiger partial charge in [-0.25, -0.2) is 0 Å². The van der Waals surface area contributed by atoms with E-state index in [0.717, 1.165) is 11.1 Å². The van der Waals surface area contributed by atoms with E-state index in [1.165, 1.54) is 0 Å². The first-order chi connectivity index (χ1) is 8.21. The molecule has 1 aliphatic heterocycles. The molecule has 0 spiro atoms. The number of carbonyl (C=O) groups is 1. The summed E-state index contributed by atoms with van der Waals surface area (Å²) in [5.41, 5.74) is 7.62. The van der Waals surface area contributed by atoms with Crippen LogP contribution in [0.25, 0.3) is 0 Å². The van der Waals surface area contributed by atoms with Gasteiger partial charge in [0.2, 0.25) is 0 Å². The van der Waals surface area contributed by atoms with Crippen LogP contribution in [0.4, 0.5) is 0 Å². The predicted octanol–water partition coefficient (Wildman–Crippen LogP) is 2.16. The van der Waals surface area contributed by atoms with Crippen molar-refractivity contribution < 1.29 is 4.79 Å². The molecule has 2 rings (SSSR count). The van der Waals surface area contributed by atoms with Crippen molar-refractivity contribution in [3.05, 3.63) is 35.4 Å². The van der Waals surface area contributed by atoms with Crippen LogP contribution in [0.1, 0.15) is 43.6 Å². The van der Waals surface area contributed by atoms with E-state index in [1.54, 1.807) is 0 Å². The van der Waals surface area contributed by atoms with Crippen molar-refractivity contribution in [3.8, 4) is 0 Å². The molecule has 1 heterocycles. The number of nitrogens with zero attached hydrogens (tertiary/aromatic N) is 1. The van der Waals surface area contributed by atoms with Crippen LogP contribution in [0.3, 0.4) is 0 Å². The number of hydrogen-bond donors (Lipinski definition) is 1. The van der Waals surface area contributed by atoms with E-state index in [2.05, 4.69) is 20.8 Å². The molecule has 0 bridgehead atoms. The normalized spacial score (nSPS) is 18.4. The zero-order chi connectivity index (χ0) is 13.6. The molecule has 0 aliphatic carbocycles. The first-order valence-electron chi connectivity index (χ1n) is 6.38. The molecule has 3 heteroatoms. The lowest BCUT2D eigenvalue weighted by Crippen LogP contribution is -2.66. The zero-order valence-electron chi connectivity index (χ0n) is 11.7. The molecule has 0 atom stereocenters. The molecular weight excluding hydrogens is 224 g/mol. The maximum Gasteiger partial charge on any atom is 0.254 e. The lowest BCUT2D eigenvalue weighted by Gasteiger charge is -2.45. The summed E-state index contributed by atoms with van der Waals surface area (Å²) >= 11 is 0. The Kier molecular flexibility index (Phi) is 2.98. The summed E-state index contributed by atoms with van der Waals surface area (Å²) in [5.74, 6) is 0.100. The van der Waals surface area contributed by atoms with Crippen molar-refractivity contribution in [2.75, 3.05) is 13.1 Å². The van der Waals surface area contributed by atoms with Crippen LogP contribution in [0, 0.1) is 0 Å². The molecule has 0 unspecified atom stereocenters. The second-order valence-electron chi connectivity index (χ2n) is 6.61. The van der Waals surface area contributed by atoms with Gasteiger partial charge in [0.15, 0.2) is 0 Å². The molecule has 18 heavy (non-hydrogen) atoms. The summed E-state index contributed by atoms with van der Waals surface area (Å²) in [4.78, 5) is 14.3. The Morgan fingerprint density at radius 3 is 2.33 bits per heavy atom. The minimum atomic E-state index is -0.216. The molecule has 1 amide bonds. The summed E-state index contributed by atoms with van der Waals surface area (Å²) in [6, 6.07) is 7.86. The van der Waals surface area contributed by atoms with Crippen LogP contribution in [0.2, 0.25) is 0 Å². The Labute approximate surface area is 109 Å². The van der Waals surface area contributed by atoms with Crippen LogP contribution in [0.5, 0.6) is 0 Å². The fraction of sp³-hybridized carbons (Fsp3) is 0.533. The molecule has 0 saturated carbocycles. The van der Waals surface area contributed by atoms with Gasteiger partial charge in [0.25, 0.3) is 5.91 Å². The number of likely N-dealkylation sites (tertiary alicyclic amines) is 1. The van der Waals surface area contributed by atoms with E-state index in [0.29, 0.717) is 13.1 Å². The Bertz CT molecular complexity index is 464. The van der Waals surface area contributed by atoms with Crippen LogP contribution >= 0.6 is 0 Å². The van der Waals surface area contributed by atoms with E-state index in [-0.39, 0.29) is 16.9 Å². The van der Waals surface area contributed by atoms with E-state index < -0.39 is 0 Å². The van der Waals surface area contributed by atoms with Crippen LogP contribution in [-0.2, 0) is 5.41 Å². The quantitative estimate of drug-likeness (QED) is 0.825. The van der Waals surface area contributed by atoms with Gasteiger partial charge in [-0.15, -0.1) is 0 Å². The third kappa shape index (κ3) is 2.41. The summed E-state index contributed by atoms with van der Waals surface area (Å²) < 4.78 is 0. The number of carbonyl (C=O) groups excluding carboxylic acids is 1. The monoisotopic (exact) mass is 246 g/mol. The van der Waals surface area contributed by atoms with Gasteiger partial charge < -0.3 is 10.6 Å². The zero-order valence-corrected chi connectivity index (χ0v) is 11.7. The summed E-state index contributed by atoms with van der Waals surface area (Å²) in [7, 11) is 0. The highest BCUT2D eigenvalue weighted by molar-refractivity contribution is 5.96. The molecule has 1 saturated heterocycles. The minimum Gasteiger partial charge on any atom is -0.335 e. The molecular formula is C15H22N2O. The molecule has 1 fully saturated rings. The first kappa shape index (κ1) is 13.1. The molecule has 2 N–H and O–H groups in total. The Morgan fingerprint density at radius 2 is 1.83 bits per heavy atom. The van der Waals surface area contributed by atoms with Crippen molar-refractivity contribution in [2.45, 2.75) is 38.6 Å². The second-order valence-corrected chi connectivity index (χ2v) is 6.61. The molecule has 3 nitrogen and oxygen atoms in total. The third-order valence-corrected chi connectivity index (χ3v) is 3.36. The summed E-state index contributed by atoms with van der Waals surface area (Å²) in [6.07, 6.45) is 0. The van der Waals surface area contributed by atoms with Crippen LogP contribution in [0.15, 0.2) is 24.3 Å². The van der Waals surface area contributed by atoms with Gasteiger partial charge in [0, 0.05) is 24.2 Å². The van der Waals surface area contributed by atoms with Crippen LogP contribution < -0.4 is 5.73 Å². The summed E-state index contributed by atoms with van der Waals surface area (Å²) in [5, 5.41) is 0. The Morgan fingerprint density at radius 1 is 1.28 bits per heavy atom. The predicted molar refractivity (Wildman–Crippen MR) is 73.6 cm³/mol. The van der Waals surface area contributed by atoms with E-state index in [9.17, 15) is 4.79 Å². The van der Waals surface area contributed by atoms with Crippen molar-refractivity contribution in [3.63, 3.8) is 0 Å². The fourth-order valence-electron chi connectivity index (χ4n) is 2.46. The molecule has 0 aromatic heterocycles. The van der Waals surface area contributed by atoms with E-state index in [4.69, 9.17) is 5.73 Å². The van der Waals surface area contributed by atoms with Crippen molar-refractivity contribution in [2.24, 2.45) is 5.73 Å². The van der Waals surface area contributed by atoms with E-state index >= 15 is 0 Å². The van der Waals surface area contributed by atoms with Gasteiger partial charge in [0.05, 0.1) is 0 Å². The Balaban J connectivity index is 2.27. The van der Waals surface area contributed by atoms with Crippen LogP contribution in [-0.4, -0.2) is 29.4 Å². The molecule has 98 valence electrons. The lowest BCUT2D eigenvalue weighted by molar-refractivity contribution is 0.0451. The topological polar surface area (TPSA) is 46.3 Å². The standard InChI is InChI=1S/C15H22N2O/c1-14(2,3)12-8-6-5-7-11(12)13(18)17-9-15(4,16)10-17/h5-8H,9-10,16H2,1-4H3. The smallest absolute Gasteiger partial charge is 0.254 e. The van der Waals surface area contributed by atoms with Crippen molar-refractivity contribution >= 4 is 5.91 Å². The van der Waals surface area contributed by atoms with Crippen molar-refractivity contribution in [1.82, 2.24) is 4.90 Å². The average molecular weight is 246 g/mol. The van der Waals surface area contributed by atoms with Gasteiger partial charge >= 0.3 is 0 Å². The minimum absolute atomic E-state index is 0.0247. The summed E-state index contributed by atoms with van der Waals surface area (Å²) in [6.45, 7) is 9.65. The highest BCUT2D eigenvalue weighted by atomic mass is 16.2. The largest absolute Gasteiger partial charge is 0.335 e. The number of benzene rings is 1. The molecule has 0 radical (unpaired) electrons. The number of nitrogens with two attached hydrogens (primary N) is 1. The van der Waals surface area contributed by atoms with E-state index in [1.807, 2.05) is 36.1 Å². The van der Waals surface area contributed by atoms with Gasteiger partial charge in [-0.3, -0.25) is 4.79 Å². The second kappa shape index (κ2) is 4.09. The maximum atomic E-state index is 12.5. The average Bonchev–Trinajstić information content (AvgIpc) is 2.23. The molecule has 1 aromatic rings. The van der Waals surface area contributed by atoms with Crippen molar-refractivity contribution in [1.29, 1.82) is 0 Å². The van der Waals surface area contributed by atoms with Gasteiger partial charge in [-0.2, -0.15) is 0 Å². The number of hydrogen-bond acceptors (Lipinski definition) is 2. The number of rotatable bonds is 1. The first-order valence-corrected chi connectivity index (χ1v) is 6.38. The maximum absolute atomic E-state index is 12.5. The third-order valence-electron chi connectivity index (χ3n) is 3.36. The van der Waals surface area contributed by atoms with Gasteiger partial charge in [-0.05, 0) is 24.0 Å². The SMILES string of the molecule is CC1(N)CN(C(=O)c2ccccc2C(C)(C)C)C1. The molecule has 1 aromatic carbocycles. The highest BCUT2D eigenvalue weighted by Crippen LogP contribution is 2.28. The molecule has 1 aliphatic rings. The van der Waals surface area contributed by atoms with Gasteiger partial charge in [-0.1, -0.05) is 39.0 Å². The Hall–Kier alpha value is -1.35. The van der Waals surface area contributed by atoms with Gasteiger partial charge in [0.1, 0.15) is 0 Å².